The van der Waals surface area contributed by atoms with Gasteiger partial charge < -0.3 is 9.47 Å². The maximum Gasteiger partial charge on any atom is 0.160 e. The minimum absolute atomic E-state index is 0.152. The van der Waals surface area contributed by atoms with Gasteiger partial charge in [-0.1, -0.05) is 30.4 Å². The van der Waals surface area contributed by atoms with Crippen LogP contribution in [0.3, 0.4) is 0 Å². The van der Waals surface area contributed by atoms with Gasteiger partial charge in [0.1, 0.15) is 0 Å². The first-order valence-electron chi connectivity index (χ1n) is 5.47. The van der Waals surface area contributed by atoms with Gasteiger partial charge in [0.05, 0.1) is 0 Å². The Balaban J connectivity index is 2.66. The van der Waals surface area contributed by atoms with Crippen LogP contribution in [-0.2, 0) is 9.47 Å². The Labute approximate surface area is 97.9 Å². The van der Waals surface area contributed by atoms with E-state index in [4.69, 9.17) is 9.47 Å². The van der Waals surface area contributed by atoms with E-state index in [2.05, 4.69) is 44.2 Å². The van der Waals surface area contributed by atoms with Crippen molar-refractivity contribution >= 4 is 6.08 Å². The van der Waals surface area contributed by atoms with Gasteiger partial charge >= 0.3 is 0 Å². The molecule has 0 aliphatic carbocycles. The molecule has 0 saturated carbocycles. The highest BCUT2D eigenvalue weighted by molar-refractivity contribution is 5.55. The molecule has 0 heterocycles. The number of methoxy groups -OCH3 is 2. The molecular weight excluding hydrogens is 200 g/mol. The lowest BCUT2D eigenvalue weighted by molar-refractivity contribution is -0.0985. The van der Waals surface area contributed by atoms with Gasteiger partial charge in [-0.3, -0.25) is 0 Å². The van der Waals surface area contributed by atoms with Crippen molar-refractivity contribution in [1.29, 1.82) is 0 Å². The second-order valence-corrected chi connectivity index (χ2v) is 3.83. The lowest BCUT2D eigenvalue weighted by Crippen LogP contribution is -2.10. The number of benzene rings is 1. The second kappa shape index (κ2) is 6.46. The monoisotopic (exact) mass is 220 g/mol. The standard InChI is InChI=1S/C14H20O2/c1-11-7-5-8-13(12(11)2)9-6-10-14(15-3)16-4/h5-9,14H,10H2,1-4H3. The zero-order valence-electron chi connectivity index (χ0n) is 10.5. The minimum Gasteiger partial charge on any atom is -0.356 e. The molecule has 1 aromatic rings. The van der Waals surface area contributed by atoms with Crippen molar-refractivity contribution < 1.29 is 9.47 Å². The smallest absolute Gasteiger partial charge is 0.160 e. The van der Waals surface area contributed by atoms with E-state index in [-0.39, 0.29) is 6.29 Å². The molecule has 0 bridgehead atoms. The number of rotatable bonds is 5. The van der Waals surface area contributed by atoms with E-state index in [0.29, 0.717) is 0 Å². The second-order valence-electron chi connectivity index (χ2n) is 3.83. The van der Waals surface area contributed by atoms with Gasteiger partial charge in [0.15, 0.2) is 6.29 Å². The maximum atomic E-state index is 5.12. The molecule has 0 amide bonds. The highest BCUT2D eigenvalue weighted by Gasteiger charge is 2.01. The van der Waals surface area contributed by atoms with Crippen molar-refractivity contribution in [1.82, 2.24) is 0 Å². The van der Waals surface area contributed by atoms with Crippen LogP contribution in [0, 0.1) is 13.8 Å². The lowest BCUT2D eigenvalue weighted by atomic mass is 10.0. The van der Waals surface area contributed by atoms with Crippen molar-refractivity contribution in [3.8, 4) is 0 Å². The first-order valence-corrected chi connectivity index (χ1v) is 5.47. The fraction of sp³-hybridized carbons (Fsp3) is 0.429. The van der Waals surface area contributed by atoms with Crippen LogP contribution < -0.4 is 0 Å². The summed E-state index contributed by atoms with van der Waals surface area (Å²) in [5.74, 6) is 0. The molecule has 88 valence electrons. The summed E-state index contributed by atoms with van der Waals surface area (Å²) < 4.78 is 10.2. The van der Waals surface area contributed by atoms with Crippen molar-refractivity contribution in [2.45, 2.75) is 26.6 Å². The van der Waals surface area contributed by atoms with Crippen LogP contribution in [0.5, 0.6) is 0 Å². The average Bonchev–Trinajstić information content (AvgIpc) is 2.30. The third kappa shape index (κ3) is 3.47. The summed E-state index contributed by atoms with van der Waals surface area (Å²) in [7, 11) is 3.31. The topological polar surface area (TPSA) is 18.5 Å². The Morgan fingerprint density at radius 3 is 2.50 bits per heavy atom. The molecule has 2 nitrogen and oxygen atoms in total. The van der Waals surface area contributed by atoms with Gasteiger partial charge in [0, 0.05) is 20.6 Å². The molecule has 2 heteroatoms. The van der Waals surface area contributed by atoms with Crippen LogP contribution in [0.2, 0.25) is 0 Å². The summed E-state index contributed by atoms with van der Waals surface area (Å²) in [6.07, 6.45) is 4.81. The third-order valence-corrected chi connectivity index (χ3v) is 2.80. The number of ether oxygens (including phenoxy) is 2. The average molecular weight is 220 g/mol. The van der Waals surface area contributed by atoms with Gasteiger partial charge in [-0.25, -0.2) is 0 Å². The predicted octanol–water partition coefficient (Wildman–Crippen LogP) is 3.33. The molecule has 0 unspecified atom stereocenters. The van der Waals surface area contributed by atoms with Crippen molar-refractivity contribution in [3.63, 3.8) is 0 Å². The fourth-order valence-electron chi connectivity index (χ4n) is 1.55. The fourth-order valence-corrected chi connectivity index (χ4v) is 1.55. The van der Waals surface area contributed by atoms with E-state index < -0.39 is 0 Å². The van der Waals surface area contributed by atoms with E-state index in [0.717, 1.165) is 6.42 Å². The van der Waals surface area contributed by atoms with E-state index in [9.17, 15) is 0 Å². The number of aryl methyl sites for hydroxylation is 1. The van der Waals surface area contributed by atoms with E-state index >= 15 is 0 Å². The molecule has 0 radical (unpaired) electrons. The molecular formula is C14H20O2. The molecule has 1 rings (SSSR count). The Kier molecular flexibility index (Phi) is 5.23. The maximum absolute atomic E-state index is 5.12. The van der Waals surface area contributed by atoms with Crippen LogP contribution in [0.4, 0.5) is 0 Å². The summed E-state index contributed by atoms with van der Waals surface area (Å²) in [6, 6.07) is 6.32. The van der Waals surface area contributed by atoms with Crippen molar-refractivity contribution in [2.75, 3.05) is 14.2 Å². The molecule has 16 heavy (non-hydrogen) atoms. The predicted molar refractivity (Wildman–Crippen MR) is 67.4 cm³/mol. The highest BCUT2D eigenvalue weighted by Crippen LogP contribution is 2.14. The molecule has 1 aromatic carbocycles. The largest absolute Gasteiger partial charge is 0.356 e. The number of hydrogen-bond acceptors (Lipinski definition) is 2. The van der Waals surface area contributed by atoms with E-state index in [1.807, 2.05) is 0 Å². The molecule has 0 aromatic heterocycles. The highest BCUT2D eigenvalue weighted by atomic mass is 16.7. The van der Waals surface area contributed by atoms with Crippen LogP contribution >= 0.6 is 0 Å². The van der Waals surface area contributed by atoms with Crippen LogP contribution in [0.15, 0.2) is 24.3 Å². The van der Waals surface area contributed by atoms with E-state index in [1.165, 1.54) is 16.7 Å². The van der Waals surface area contributed by atoms with Crippen molar-refractivity contribution in [2.24, 2.45) is 0 Å². The summed E-state index contributed by atoms with van der Waals surface area (Å²) in [6.45, 7) is 4.26. The SMILES string of the molecule is COC(CC=Cc1cccc(C)c1C)OC. The van der Waals surface area contributed by atoms with Gasteiger partial charge in [-0.15, -0.1) is 0 Å². The van der Waals surface area contributed by atoms with Crippen LogP contribution in [0.1, 0.15) is 23.1 Å². The normalized spacial score (nSPS) is 11.6. The third-order valence-electron chi connectivity index (χ3n) is 2.80. The quantitative estimate of drug-likeness (QED) is 0.709. The Hall–Kier alpha value is -1.12. The molecule has 0 spiro atoms. The van der Waals surface area contributed by atoms with Gasteiger partial charge in [0.2, 0.25) is 0 Å². The Morgan fingerprint density at radius 2 is 1.88 bits per heavy atom. The van der Waals surface area contributed by atoms with Crippen LogP contribution in [0.25, 0.3) is 6.08 Å². The molecule has 0 atom stereocenters. The lowest BCUT2D eigenvalue weighted by Gasteiger charge is -2.10. The first kappa shape index (κ1) is 12.9. The molecule has 0 fully saturated rings. The summed E-state index contributed by atoms with van der Waals surface area (Å²) in [5, 5.41) is 0. The van der Waals surface area contributed by atoms with Gasteiger partial charge in [-0.2, -0.15) is 0 Å². The Morgan fingerprint density at radius 1 is 1.19 bits per heavy atom. The Bertz CT molecular complexity index is 352. The van der Waals surface area contributed by atoms with Crippen LogP contribution in [-0.4, -0.2) is 20.5 Å². The zero-order valence-corrected chi connectivity index (χ0v) is 10.5. The number of hydrogen-bond donors (Lipinski definition) is 0. The van der Waals surface area contributed by atoms with Gasteiger partial charge in [-0.05, 0) is 30.5 Å². The zero-order chi connectivity index (χ0) is 12.0. The molecule has 0 aliphatic rings. The molecule has 0 saturated heterocycles. The first-order chi connectivity index (χ1) is 7.69. The summed E-state index contributed by atoms with van der Waals surface area (Å²) in [4.78, 5) is 0. The minimum atomic E-state index is -0.152. The molecule has 0 N–H and O–H groups in total. The van der Waals surface area contributed by atoms with Gasteiger partial charge in [0.25, 0.3) is 0 Å². The van der Waals surface area contributed by atoms with E-state index in [1.54, 1.807) is 14.2 Å². The van der Waals surface area contributed by atoms with Crippen molar-refractivity contribution in [3.05, 3.63) is 41.0 Å². The summed E-state index contributed by atoms with van der Waals surface area (Å²) in [5.41, 5.74) is 3.90. The molecule has 0 aliphatic heterocycles. The summed E-state index contributed by atoms with van der Waals surface area (Å²) >= 11 is 0.